The molecule has 0 unspecified atom stereocenters. The molecule has 1 amide bonds. The number of aromatic nitrogens is 3. The quantitative estimate of drug-likeness (QED) is 0.541. The average Bonchev–Trinajstić information content (AvgIpc) is 2.83. The molecule has 170 valence electrons. The number of hydrogen-bond acceptors (Lipinski definition) is 9. The number of nitrogens with one attached hydrogen (secondary N) is 1. The minimum Gasteiger partial charge on any atom is -0.489 e. The van der Waals surface area contributed by atoms with Crippen LogP contribution < -0.4 is 15.2 Å². The molecule has 2 aromatic heterocycles. The monoisotopic (exact) mass is 442 g/mol. The lowest BCUT2D eigenvalue weighted by atomic mass is 10.2. The van der Waals surface area contributed by atoms with Crippen molar-refractivity contribution < 1.29 is 19.4 Å². The number of amides is 1. The van der Waals surface area contributed by atoms with Crippen LogP contribution in [0.3, 0.4) is 0 Å². The molecule has 2 N–H and O–H groups in total. The van der Waals surface area contributed by atoms with Crippen molar-refractivity contribution >= 4 is 11.7 Å². The largest absolute Gasteiger partial charge is 0.489 e. The predicted octanol–water partition coefficient (Wildman–Crippen LogP) is -0.160. The molecule has 11 nitrogen and oxygen atoms in total. The van der Waals surface area contributed by atoms with Crippen LogP contribution in [0, 0.1) is 18.3 Å². The van der Waals surface area contributed by atoms with Crippen LogP contribution in [0.15, 0.2) is 29.3 Å². The Hall–Kier alpha value is -3.49. The van der Waals surface area contributed by atoms with Gasteiger partial charge in [-0.2, -0.15) is 10.4 Å². The Morgan fingerprint density at radius 1 is 1.31 bits per heavy atom. The molecule has 32 heavy (non-hydrogen) atoms. The van der Waals surface area contributed by atoms with E-state index in [4.69, 9.17) is 14.7 Å². The first-order chi connectivity index (χ1) is 15.5. The van der Waals surface area contributed by atoms with Crippen molar-refractivity contribution in [2.45, 2.75) is 19.4 Å². The molecule has 11 heteroatoms. The standard InChI is InChI=1S/C21H26N6O5/c1-15-18(12-24-25-21(15)30)32-14-17(13-28)31-9-4-20(29)27-7-5-26(6-8-27)19-3-2-16(10-22)11-23-19/h2-3,11-12,17,28H,4-9,13-14H2,1H3,(H,25,30)/t17-/m0/s1. The Bertz CT molecular complexity index is 995. The van der Waals surface area contributed by atoms with E-state index in [1.807, 2.05) is 12.1 Å². The lowest BCUT2D eigenvalue weighted by Crippen LogP contribution is -2.49. The number of hydrogen-bond donors (Lipinski definition) is 2. The van der Waals surface area contributed by atoms with Gasteiger partial charge in [0.1, 0.15) is 30.3 Å². The van der Waals surface area contributed by atoms with Gasteiger partial charge in [-0.1, -0.05) is 0 Å². The molecule has 0 radical (unpaired) electrons. The van der Waals surface area contributed by atoms with E-state index in [9.17, 15) is 14.7 Å². The molecule has 0 spiro atoms. The molecule has 2 aromatic rings. The summed E-state index contributed by atoms with van der Waals surface area (Å²) in [4.78, 5) is 32.2. The lowest BCUT2D eigenvalue weighted by Gasteiger charge is -2.35. The number of aliphatic hydroxyl groups is 1. The second-order valence-corrected chi connectivity index (χ2v) is 7.31. The highest BCUT2D eigenvalue weighted by Gasteiger charge is 2.22. The Balaban J connectivity index is 1.39. The van der Waals surface area contributed by atoms with Crippen LogP contribution in [0.5, 0.6) is 5.75 Å². The van der Waals surface area contributed by atoms with E-state index in [0.29, 0.717) is 43.1 Å². The van der Waals surface area contributed by atoms with Gasteiger partial charge in [0.15, 0.2) is 0 Å². The summed E-state index contributed by atoms with van der Waals surface area (Å²) in [6, 6.07) is 5.58. The van der Waals surface area contributed by atoms with Gasteiger partial charge in [-0.3, -0.25) is 9.59 Å². The molecule has 3 rings (SSSR count). The predicted molar refractivity (Wildman–Crippen MR) is 114 cm³/mol. The normalized spacial score (nSPS) is 14.7. The summed E-state index contributed by atoms with van der Waals surface area (Å²) in [6.07, 6.45) is 2.50. The molecular formula is C21H26N6O5. The summed E-state index contributed by atoms with van der Waals surface area (Å²) in [5, 5.41) is 24.4. The number of aliphatic hydroxyl groups excluding tert-OH is 1. The van der Waals surface area contributed by atoms with Gasteiger partial charge < -0.3 is 24.4 Å². The third kappa shape index (κ3) is 6.03. The van der Waals surface area contributed by atoms with Crippen LogP contribution in [-0.2, 0) is 9.53 Å². The maximum Gasteiger partial charge on any atom is 0.270 e. The third-order valence-corrected chi connectivity index (χ3v) is 5.19. The molecule has 1 aliphatic heterocycles. The first kappa shape index (κ1) is 23.2. The summed E-state index contributed by atoms with van der Waals surface area (Å²) in [6.45, 7) is 3.97. The Kier molecular flexibility index (Phi) is 8.13. The second kappa shape index (κ2) is 11.2. The maximum atomic E-state index is 12.5. The van der Waals surface area contributed by atoms with Gasteiger partial charge in [-0.25, -0.2) is 10.1 Å². The van der Waals surface area contributed by atoms with Crippen LogP contribution in [0.25, 0.3) is 0 Å². The minimum absolute atomic E-state index is 0.0234. The number of piperazine rings is 1. The number of carbonyl (C=O) groups excluding carboxylic acids is 1. The zero-order valence-corrected chi connectivity index (χ0v) is 17.9. The lowest BCUT2D eigenvalue weighted by molar-refractivity contribution is -0.133. The van der Waals surface area contributed by atoms with Crippen molar-refractivity contribution in [2.75, 3.05) is 50.9 Å². The fourth-order valence-corrected chi connectivity index (χ4v) is 3.22. The van der Waals surface area contributed by atoms with Crippen molar-refractivity contribution in [1.29, 1.82) is 5.26 Å². The Morgan fingerprint density at radius 2 is 2.09 bits per heavy atom. The van der Waals surface area contributed by atoms with E-state index >= 15 is 0 Å². The van der Waals surface area contributed by atoms with Crippen molar-refractivity contribution in [2.24, 2.45) is 0 Å². The molecule has 3 heterocycles. The SMILES string of the molecule is Cc1c(OC[C@H](CO)OCCC(=O)N2CCN(c3ccc(C#N)cn3)CC2)cn[nH]c1=O. The van der Waals surface area contributed by atoms with Gasteiger partial charge >= 0.3 is 0 Å². The highest BCUT2D eigenvalue weighted by atomic mass is 16.5. The van der Waals surface area contributed by atoms with E-state index in [2.05, 4.69) is 20.1 Å². The molecule has 0 aromatic carbocycles. The van der Waals surface area contributed by atoms with Crippen LogP contribution in [-0.4, -0.2) is 83.2 Å². The Labute approximate surface area is 185 Å². The number of nitrogens with zero attached hydrogens (tertiary/aromatic N) is 5. The van der Waals surface area contributed by atoms with Crippen LogP contribution in [0.4, 0.5) is 5.82 Å². The number of nitriles is 1. The maximum absolute atomic E-state index is 12.5. The highest BCUT2D eigenvalue weighted by molar-refractivity contribution is 5.76. The number of aromatic amines is 1. The topological polar surface area (TPSA) is 145 Å². The number of pyridine rings is 1. The highest BCUT2D eigenvalue weighted by Crippen LogP contribution is 2.15. The van der Waals surface area contributed by atoms with Gasteiger partial charge in [-0.15, -0.1) is 0 Å². The minimum atomic E-state index is -0.624. The van der Waals surface area contributed by atoms with E-state index in [1.165, 1.54) is 6.20 Å². The van der Waals surface area contributed by atoms with Gasteiger partial charge in [0.05, 0.1) is 37.0 Å². The van der Waals surface area contributed by atoms with E-state index in [0.717, 1.165) is 5.82 Å². The number of carbonyl (C=O) groups is 1. The Morgan fingerprint density at radius 3 is 2.75 bits per heavy atom. The summed E-state index contributed by atoms with van der Waals surface area (Å²) in [5.41, 5.74) is 0.560. The number of ether oxygens (including phenoxy) is 2. The van der Waals surface area contributed by atoms with Crippen molar-refractivity contribution in [3.63, 3.8) is 0 Å². The third-order valence-electron chi connectivity index (χ3n) is 5.19. The van der Waals surface area contributed by atoms with Gasteiger partial charge in [0, 0.05) is 32.4 Å². The molecule has 0 saturated carbocycles. The van der Waals surface area contributed by atoms with Gasteiger partial charge in [0.25, 0.3) is 5.56 Å². The van der Waals surface area contributed by atoms with Crippen molar-refractivity contribution in [3.05, 3.63) is 46.0 Å². The van der Waals surface area contributed by atoms with Gasteiger partial charge in [0.2, 0.25) is 5.91 Å². The van der Waals surface area contributed by atoms with E-state index in [-0.39, 0.29) is 37.7 Å². The zero-order chi connectivity index (χ0) is 22.9. The number of rotatable bonds is 9. The summed E-state index contributed by atoms with van der Waals surface area (Å²) in [5.74, 6) is 1.09. The van der Waals surface area contributed by atoms with E-state index < -0.39 is 6.10 Å². The summed E-state index contributed by atoms with van der Waals surface area (Å²) < 4.78 is 11.1. The molecular weight excluding hydrogens is 416 g/mol. The smallest absolute Gasteiger partial charge is 0.270 e. The summed E-state index contributed by atoms with van der Waals surface area (Å²) >= 11 is 0. The second-order valence-electron chi connectivity index (χ2n) is 7.31. The first-order valence-electron chi connectivity index (χ1n) is 10.3. The number of H-pyrrole nitrogens is 1. The van der Waals surface area contributed by atoms with Crippen molar-refractivity contribution in [3.8, 4) is 11.8 Å². The fraction of sp³-hybridized carbons (Fsp3) is 0.476. The van der Waals surface area contributed by atoms with Crippen molar-refractivity contribution in [1.82, 2.24) is 20.1 Å². The van der Waals surface area contributed by atoms with Crippen LogP contribution in [0.2, 0.25) is 0 Å². The summed E-state index contributed by atoms with van der Waals surface area (Å²) in [7, 11) is 0. The molecule has 1 atom stereocenters. The average molecular weight is 442 g/mol. The molecule has 0 aliphatic carbocycles. The molecule has 1 aliphatic rings. The van der Waals surface area contributed by atoms with Crippen LogP contribution in [0.1, 0.15) is 17.5 Å². The van der Waals surface area contributed by atoms with Crippen LogP contribution >= 0.6 is 0 Å². The molecule has 1 saturated heterocycles. The van der Waals surface area contributed by atoms with E-state index in [1.54, 1.807) is 24.1 Å². The zero-order valence-electron chi connectivity index (χ0n) is 17.9. The fourth-order valence-electron chi connectivity index (χ4n) is 3.22. The number of anilines is 1. The van der Waals surface area contributed by atoms with Gasteiger partial charge in [-0.05, 0) is 19.1 Å². The molecule has 1 fully saturated rings. The molecule has 0 bridgehead atoms. The first-order valence-corrected chi connectivity index (χ1v) is 10.3.